The molecule has 0 spiro atoms. The molecule has 46 heavy (non-hydrogen) atoms. The van der Waals surface area contributed by atoms with E-state index in [1.807, 2.05) is 41.5 Å². The van der Waals surface area contributed by atoms with Gasteiger partial charge in [0.2, 0.25) is 0 Å². The Kier molecular flexibility index (Phi) is 26.2. The van der Waals surface area contributed by atoms with Crippen LogP contribution in [0.2, 0.25) is 0 Å². The second-order valence-electron chi connectivity index (χ2n) is 17.4. The van der Waals surface area contributed by atoms with E-state index in [2.05, 4.69) is 83.1 Å². The molecule has 6 nitrogen and oxygen atoms in total. The largest absolute Gasteiger partial charge is 3.00 e. The van der Waals surface area contributed by atoms with Crippen LogP contribution in [0.25, 0.3) is 0 Å². The van der Waals surface area contributed by atoms with E-state index in [1.165, 1.54) is 0 Å². The summed E-state index contributed by atoms with van der Waals surface area (Å²) in [7, 11) is 0. The molecule has 0 aromatic carbocycles. The first-order valence-corrected chi connectivity index (χ1v) is 17.8. The van der Waals surface area contributed by atoms with Gasteiger partial charge in [0.25, 0.3) is 0 Å². The summed E-state index contributed by atoms with van der Waals surface area (Å²) >= 11 is 0. The van der Waals surface area contributed by atoms with Crippen molar-refractivity contribution in [2.24, 2.45) is 69.5 Å². The number of carbonyl (C=O) groups excluding carboxylic acids is 3. The standard InChI is InChI=1S/3C13H26O2.Al/c3*1-9(2)7-13(11(5)6,12(14)15)8-10(3)4;/h3*9-11H,7-8H2,1-6H3,(H,14,15);/q;;;+3/p-3. The van der Waals surface area contributed by atoms with Crippen molar-refractivity contribution in [3.63, 3.8) is 0 Å². The first-order chi connectivity index (χ1) is 20.2. The number of carboxylic acids is 3. The van der Waals surface area contributed by atoms with Gasteiger partial charge in [-0.2, -0.15) is 0 Å². The molecule has 0 radical (unpaired) electrons. The van der Waals surface area contributed by atoms with Crippen molar-refractivity contribution < 1.29 is 29.7 Å². The summed E-state index contributed by atoms with van der Waals surface area (Å²) in [6.07, 6.45) is 4.28. The van der Waals surface area contributed by atoms with Crippen LogP contribution in [0, 0.1) is 69.5 Å². The predicted molar refractivity (Wildman–Crippen MR) is 189 cm³/mol. The molecule has 0 saturated carbocycles. The van der Waals surface area contributed by atoms with Crippen molar-refractivity contribution in [2.45, 2.75) is 163 Å². The molecule has 0 bridgehead atoms. The number of aliphatic carboxylic acids is 3. The summed E-state index contributed by atoms with van der Waals surface area (Å²) in [5.74, 6) is 0.126. The summed E-state index contributed by atoms with van der Waals surface area (Å²) in [4.78, 5) is 34.3. The Morgan fingerprint density at radius 2 is 0.457 bits per heavy atom. The van der Waals surface area contributed by atoms with Crippen LogP contribution in [-0.2, 0) is 14.4 Å². The van der Waals surface area contributed by atoms with E-state index in [-0.39, 0.29) is 35.1 Å². The van der Waals surface area contributed by atoms with E-state index in [4.69, 9.17) is 0 Å². The average Bonchev–Trinajstić information content (AvgIpc) is 2.80. The van der Waals surface area contributed by atoms with Gasteiger partial charge < -0.3 is 29.7 Å². The molecule has 7 heteroatoms. The zero-order chi connectivity index (χ0) is 36.7. The monoisotopic (exact) mass is 667 g/mol. The van der Waals surface area contributed by atoms with Crippen LogP contribution < -0.4 is 15.3 Å². The minimum Gasteiger partial charge on any atom is -0.550 e. The molecule has 0 aliphatic rings. The first kappa shape index (κ1) is 51.8. The summed E-state index contributed by atoms with van der Waals surface area (Å²) < 4.78 is 0. The van der Waals surface area contributed by atoms with Crippen LogP contribution in [-0.4, -0.2) is 35.3 Å². The van der Waals surface area contributed by atoms with Gasteiger partial charge in [-0.15, -0.1) is 0 Å². The van der Waals surface area contributed by atoms with Gasteiger partial charge in [0.15, 0.2) is 0 Å². The first-order valence-electron chi connectivity index (χ1n) is 17.8. The second kappa shape index (κ2) is 23.3. The van der Waals surface area contributed by atoms with Crippen LogP contribution in [0.4, 0.5) is 0 Å². The zero-order valence-electron chi connectivity index (χ0n) is 33.5. The van der Waals surface area contributed by atoms with Crippen molar-refractivity contribution in [1.82, 2.24) is 0 Å². The minimum absolute atomic E-state index is 0. The second-order valence-corrected chi connectivity index (χ2v) is 17.4. The van der Waals surface area contributed by atoms with Gasteiger partial charge in [-0.3, -0.25) is 0 Å². The fraction of sp³-hybridized carbons (Fsp3) is 0.923. The third-order valence-corrected chi connectivity index (χ3v) is 9.17. The van der Waals surface area contributed by atoms with Crippen LogP contribution in [0.15, 0.2) is 0 Å². The van der Waals surface area contributed by atoms with E-state index in [0.29, 0.717) is 74.0 Å². The van der Waals surface area contributed by atoms with E-state index in [9.17, 15) is 29.7 Å². The third kappa shape index (κ3) is 17.9. The van der Waals surface area contributed by atoms with E-state index < -0.39 is 34.2 Å². The van der Waals surface area contributed by atoms with Crippen LogP contribution in [0.5, 0.6) is 0 Å². The van der Waals surface area contributed by atoms with Crippen molar-refractivity contribution in [3.05, 3.63) is 0 Å². The molecule has 0 saturated heterocycles. The quantitative estimate of drug-likeness (QED) is 0.145. The fourth-order valence-corrected chi connectivity index (χ4v) is 7.24. The maximum atomic E-state index is 11.4. The summed E-state index contributed by atoms with van der Waals surface area (Å²) in [6.45, 7) is 36.8. The number of carbonyl (C=O) groups is 3. The maximum Gasteiger partial charge on any atom is 3.00 e. The van der Waals surface area contributed by atoms with Crippen molar-refractivity contribution in [3.8, 4) is 0 Å². The Labute approximate surface area is 296 Å². The molecule has 0 aliphatic carbocycles. The van der Waals surface area contributed by atoms with E-state index >= 15 is 0 Å². The Bertz CT molecular complexity index is 700. The molecule has 0 amide bonds. The summed E-state index contributed by atoms with van der Waals surface area (Å²) in [6, 6.07) is 0. The molecular formula is C39H75AlO6. The summed E-state index contributed by atoms with van der Waals surface area (Å²) in [5, 5.41) is 34.3. The van der Waals surface area contributed by atoms with Crippen molar-refractivity contribution in [1.29, 1.82) is 0 Å². The summed E-state index contributed by atoms with van der Waals surface area (Å²) in [5.41, 5.74) is -1.95. The van der Waals surface area contributed by atoms with E-state index in [0.717, 1.165) is 0 Å². The van der Waals surface area contributed by atoms with Crippen molar-refractivity contribution >= 4 is 35.3 Å². The molecule has 0 aliphatic heterocycles. The Balaban J connectivity index is -0.000000285. The molecule has 270 valence electrons. The van der Waals surface area contributed by atoms with Crippen LogP contribution >= 0.6 is 0 Å². The predicted octanol–water partition coefficient (Wildman–Crippen LogP) is 7.03. The molecule has 0 unspecified atom stereocenters. The zero-order valence-corrected chi connectivity index (χ0v) is 34.6. The number of hydrogen-bond donors (Lipinski definition) is 0. The Hall–Kier alpha value is -1.06. The van der Waals surface area contributed by atoms with Crippen LogP contribution in [0.3, 0.4) is 0 Å². The number of rotatable bonds is 18. The maximum absolute atomic E-state index is 11.4. The minimum atomic E-state index is -0.875. The van der Waals surface area contributed by atoms with Gasteiger partial charge in [-0.25, -0.2) is 0 Å². The van der Waals surface area contributed by atoms with Gasteiger partial charge in [-0.1, -0.05) is 125 Å². The molecule has 0 fully saturated rings. The van der Waals surface area contributed by atoms with Crippen molar-refractivity contribution in [2.75, 3.05) is 0 Å². The molecule has 0 aromatic heterocycles. The topological polar surface area (TPSA) is 120 Å². The van der Waals surface area contributed by atoms with Gasteiger partial charge in [-0.05, 0) is 91.8 Å². The average molecular weight is 667 g/mol. The normalized spacial score (nSPS) is 12.6. The number of hydrogen-bond acceptors (Lipinski definition) is 6. The number of carboxylic acid groups (broad SMARTS) is 3. The third-order valence-electron chi connectivity index (χ3n) is 9.17. The van der Waals surface area contributed by atoms with Gasteiger partial charge in [0, 0.05) is 34.2 Å². The van der Waals surface area contributed by atoms with Crippen LogP contribution in [0.1, 0.15) is 163 Å². The van der Waals surface area contributed by atoms with Gasteiger partial charge in [0.05, 0.1) is 0 Å². The molecule has 0 rings (SSSR count). The molecule has 0 N–H and O–H groups in total. The SMILES string of the molecule is CC(C)CC(CC(C)C)(C(=O)[O-])C(C)C.CC(C)CC(CC(C)C)(C(=O)[O-])C(C)C.CC(C)CC(CC(C)C)(C(=O)[O-])C(C)C.[Al+3]. The Morgan fingerprint density at radius 3 is 0.500 bits per heavy atom. The molecule has 0 heterocycles. The Morgan fingerprint density at radius 1 is 0.348 bits per heavy atom. The molecular weight excluding hydrogens is 591 g/mol. The van der Waals surface area contributed by atoms with Gasteiger partial charge >= 0.3 is 17.4 Å². The van der Waals surface area contributed by atoms with E-state index in [1.54, 1.807) is 0 Å². The van der Waals surface area contributed by atoms with Gasteiger partial charge in [0.1, 0.15) is 0 Å². The molecule has 0 atom stereocenters. The fourth-order valence-electron chi connectivity index (χ4n) is 7.24. The molecule has 0 aromatic rings. The smallest absolute Gasteiger partial charge is 0.550 e.